The van der Waals surface area contributed by atoms with E-state index in [0.29, 0.717) is 19.0 Å². The van der Waals surface area contributed by atoms with Gasteiger partial charge in [-0.3, -0.25) is 4.79 Å². The minimum Gasteiger partial charge on any atom is -0.494 e. The Morgan fingerprint density at radius 3 is 2.39 bits per heavy atom. The van der Waals surface area contributed by atoms with E-state index in [0.717, 1.165) is 30.8 Å². The molecule has 0 aliphatic carbocycles. The molecule has 2 rings (SSSR count). The lowest BCUT2D eigenvalue weighted by Crippen LogP contribution is -2.17. The molecule has 0 spiro atoms. The van der Waals surface area contributed by atoms with Gasteiger partial charge < -0.3 is 15.2 Å². The zero-order valence-electron chi connectivity index (χ0n) is 19.5. The number of carboxylic acids is 1. The molecule has 31 heavy (non-hydrogen) atoms. The third-order valence-electron chi connectivity index (χ3n) is 5.86. The molecule has 2 N–H and O–H groups in total. The maximum atomic E-state index is 10.5. The van der Waals surface area contributed by atoms with E-state index in [1.165, 1.54) is 42.4 Å². The molecule has 0 aliphatic heterocycles. The topological polar surface area (TPSA) is 58.6 Å². The molecule has 0 saturated carbocycles. The molecule has 4 nitrogen and oxygen atoms in total. The lowest BCUT2D eigenvalue weighted by Gasteiger charge is -2.18. The summed E-state index contributed by atoms with van der Waals surface area (Å²) >= 11 is 0. The van der Waals surface area contributed by atoms with Crippen LogP contribution in [0.3, 0.4) is 0 Å². The second-order valence-electron chi connectivity index (χ2n) is 8.59. The number of carbonyl (C=O) groups is 1. The molecule has 2 aromatic rings. The summed E-state index contributed by atoms with van der Waals surface area (Å²) in [5.41, 5.74) is 5.34. The van der Waals surface area contributed by atoms with Gasteiger partial charge in [-0.1, -0.05) is 56.5 Å². The van der Waals surface area contributed by atoms with Crippen molar-refractivity contribution in [3.8, 4) is 5.75 Å². The summed E-state index contributed by atoms with van der Waals surface area (Å²) in [5.74, 6) is 0.834. The van der Waals surface area contributed by atoms with Crippen molar-refractivity contribution in [2.45, 2.75) is 72.3 Å². The number of nitrogens with one attached hydrogen (secondary N) is 1. The Hall–Kier alpha value is -2.33. The smallest absolute Gasteiger partial charge is 0.304 e. The largest absolute Gasteiger partial charge is 0.494 e. The summed E-state index contributed by atoms with van der Waals surface area (Å²) in [4.78, 5) is 10.5. The maximum absolute atomic E-state index is 10.5. The van der Waals surface area contributed by atoms with E-state index < -0.39 is 5.97 Å². The highest BCUT2D eigenvalue weighted by atomic mass is 16.5. The van der Waals surface area contributed by atoms with Crippen LogP contribution in [0.5, 0.6) is 5.75 Å². The standard InChI is InChI=1S/C27H39NO3/c1-4-5-7-23(19-25-10-9-21(2)22(3)18-25)8-6-17-31-26-13-11-24(12-14-26)20-28-16-15-27(29)30/h9-14,18,23,28H,4-8,15-17,19-20H2,1-3H3,(H,29,30)/t23-/m0/s1. The van der Waals surface area contributed by atoms with Crippen molar-refractivity contribution in [1.82, 2.24) is 5.32 Å². The van der Waals surface area contributed by atoms with Gasteiger partial charge in [0.25, 0.3) is 0 Å². The van der Waals surface area contributed by atoms with Crippen molar-refractivity contribution in [1.29, 1.82) is 0 Å². The number of ether oxygens (including phenoxy) is 1. The number of hydrogen-bond donors (Lipinski definition) is 2. The number of rotatable bonds is 15. The number of aryl methyl sites for hydroxylation is 2. The Bertz CT molecular complexity index is 786. The lowest BCUT2D eigenvalue weighted by molar-refractivity contribution is -0.136. The second kappa shape index (κ2) is 13.9. The minimum absolute atomic E-state index is 0.143. The molecule has 0 heterocycles. The first-order valence-corrected chi connectivity index (χ1v) is 11.7. The van der Waals surface area contributed by atoms with Gasteiger partial charge in [0.1, 0.15) is 5.75 Å². The lowest BCUT2D eigenvalue weighted by atomic mass is 9.89. The Kier molecular flexibility index (Phi) is 11.2. The number of benzene rings is 2. The van der Waals surface area contributed by atoms with Crippen LogP contribution >= 0.6 is 0 Å². The normalized spacial score (nSPS) is 12.0. The van der Waals surface area contributed by atoms with Gasteiger partial charge in [0.2, 0.25) is 0 Å². The molecule has 0 saturated heterocycles. The molecule has 0 bridgehead atoms. The van der Waals surface area contributed by atoms with Gasteiger partial charge in [0.05, 0.1) is 13.0 Å². The fourth-order valence-electron chi connectivity index (χ4n) is 3.80. The van der Waals surface area contributed by atoms with Gasteiger partial charge in [-0.05, 0) is 73.4 Å². The highest BCUT2D eigenvalue weighted by Gasteiger charge is 2.10. The first-order chi connectivity index (χ1) is 15.0. The summed E-state index contributed by atoms with van der Waals surface area (Å²) in [6.45, 7) is 8.53. The average Bonchev–Trinajstić information content (AvgIpc) is 2.75. The fourth-order valence-corrected chi connectivity index (χ4v) is 3.80. The average molecular weight is 426 g/mol. The molecule has 0 fully saturated rings. The van der Waals surface area contributed by atoms with Crippen molar-refractivity contribution in [2.75, 3.05) is 13.2 Å². The van der Waals surface area contributed by atoms with Gasteiger partial charge in [0, 0.05) is 13.1 Å². The Labute approximate surface area is 188 Å². The van der Waals surface area contributed by atoms with Crippen LogP contribution in [0.4, 0.5) is 0 Å². The zero-order chi connectivity index (χ0) is 22.5. The minimum atomic E-state index is -0.776. The zero-order valence-corrected chi connectivity index (χ0v) is 19.5. The molecule has 2 aromatic carbocycles. The molecule has 170 valence electrons. The molecule has 0 aliphatic rings. The van der Waals surface area contributed by atoms with E-state index in [2.05, 4.69) is 44.3 Å². The number of carboxylic acid groups (broad SMARTS) is 1. The summed E-state index contributed by atoms with van der Waals surface area (Å²) in [6, 6.07) is 14.9. The first kappa shape index (κ1) is 24.9. The van der Waals surface area contributed by atoms with Crippen LogP contribution in [0.2, 0.25) is 0 Å². The number of unbranched alkanes of at least 4 members (excludes halogenated alkanes) is 1. The van der Waals surface area contributed by atoms with E-state index in [1.54, 1.807) is 0 Å². The highest BCUT2D eigenvalue weighted by Crippen LogP contribution is 2.22. The summed E-state index contributed by atoms with van der Waals surface area (Å²) in [5, 5.41) is 11.8. The molecular formula is C27H39NO3. The third kappa shape index (κ3) is 10.0. The van der Waals surface area contributed by atoms with Crippen molar-refractivity contribution in [2.24, 2.45) is 5.92 Å². The Morgan fingerprint density at radius 1 is 1.00 bits per heavy atom. The third-order valence-corrected chi connectivity index (χ3v) is 5.86. The van der Waals surface area contributed by atoms with Crippen LogP contribution in [0, 0.1) is 19.8 Å². The molecule has 0 unspecified atom stereocenters. The molecule has 4 heteroatoms. The van der Waals surface area contributed by atoms with Crippen LogP contribution in [-0.2, 0) is 17.8 Å². The van der Waals surface area contributed by atoms with Crippen LogP contribution in [0.15, 0.2) is 42.5 Å². The van der Waals surface area contributed by atoms with Gasteiger partial charge in [-0.15, -0.1) is 0 Å². The van der Waals surface area contributed by atoms with Crippen LogP contribution in [0.25, 0.3) is 0 Å². The monoisotopic (exact) mass is 425 g/mol. The predicted octanol–water partition coefficient (Wildman–Crippen LogP) is 6.08. The van der Waals surface area contributed by atoms with Crippen LogP contribution in [-0.4, -0.2) is 24.2 Å². The van der Waals surface area contributed by atoms with E-state index >= 15 is 0 Å². The van der Waals surface area contributed by atoms with E-state index in [1.807, 2.05) is 24.3 Å². The molecular weight excluding hydrogens is 386 g/mol. The molecule has 0 amide bonds. The highest BCUT2D eigenvalue weighted by molar-refractivity contribution is 5.66. The van der Waals surface area contributed by atoms with Crippen LogP contribution < -0.4 is 10.1 Å². The fraction of sp³-hybridized carbons (Fsp3) is 0.519. The summed E-state index contributed by atoms with van der Waals surface area (Å²) in [6.07, 6.45) is 7.38. The number of aliphatic carboxylic acids is 1. The van der Waals surface area contributed by atoms with Gasteiger partial charge >= 0.3 is 5.97 Å². The Morgan fingerprint density at radius 2 is 1.71 bits per heavy atom. The van der Waals surface area contributed by atoms with Crippen LogP contribution in [0.1, 0.15) is 67.7 Å². The van der Waals surface area contributed by atoms with Crippen molar-refractivity contribution in [3.05, 3.63) is 64.7 Å². The van der Waals surface area contributed by atoms with Gasteiger partial charge in [-0.25, -0.2) is 0 Å². The number of hydrogen-bond acceptors (Lipinski definition) is 3. The van der Waals surface area contributed by atoms with Gasteiger partial charge in [-0.2, -0.15) is 0 Å². The predicted molar refractivity (Wildman–Crippen MR) is 128 cm³/mol. The summed E-state index contributed by atoms with van der Waals surface area (Å²) in [7, 11) is 0. The Balaban J connectivity index is 1.73. The van der Waals surface area contributed by atoms with E-state index in [4.69, 9.17) is 9.84 Å². The SMILES string of the molecule is CCCC[C@@H](CCCOc1ccc(CNCCC(=O)O)cc1)Cc1ccc(C)c(C)c1. The van der Waals surface area contributed by atoms with Crippen molar-refractivity contribution < 1.29 is 14.6 Å². The maximum Gasteiger partial charge on any atom is 0.304 e. The van der Waals surface area contributed by atoms with E-state index in [-0.39, 0.29) is 6.42 Å². The molecule has 0 aromatic heterocycles. The van der Waals surface area contributed by atoms with Gasteiger partial charge in [0.15, 0.2) is 0 Å². The van der Waals surface area contributed by atoms with Crippen molar-refractivity contribution >= 4 is 5.97 Å². The molecule has 1 atom stereocenters. The second-order valence-corrected chi connectivity index (χ2v) is 8.59. The quantitative estimate of drug-likeness (QED) is 0.340. The van der Waals surface area contributed by atoms with Crippen molar-refractivity contribution in [3.63, 3.8) is 0 Å². The first-order valence-electron chi connectivity index (χ1n) is 11.7. The summed E-state index contributed by atoms with van der Waals surface area (Å²) < 4.78 is 5.96. The molecule has 0 radical (unpaired) electrons. The van der Waals surface area contributed by atoms with E-state index in [9.17, 15) is 4.79 Å².